The summed E-state index contributed by atoms with van der Waals surface area (Å²) in [5, 5.41) is 11.8. The molecule has 0 radical (unpaired) electrons. The Hall–Kier alpha value is -2.04. The number of carboxylic acid groups (broad SMARTS) is 1. The van der Waals surface area contributed by atoms with Gasteiger partial charge in [0.2, 0.25) is 5.91 Å². The van der Waals surface area contributed by atoms with Gasteiger partial charge < -0.3 is 15.2 Å². The molecule has 0 bridgehead atoms. The van der Waals surface area contributed by atoms with E-state index >= 15 is 0 Å². The zero-order valence-corrected chi connectivity index (χ0v) is 12.2. The zero-order chi connectivity index (χ0) is 15.3. The molecule has 2 N–H and O–H groups in total. The minimum atomic E-state index is -0.798. The lowest BCUT2D eigenvalue weighted by atomic mass is 9.66. The Morgan fingerprint density at radius 2 is 2.05 bits per heavy atom. The van der Waals surface area contributed by atoms with Crippen molar-refractivity contribution in [3.05, 3.63) is 29.8 Å². The lowest BCUT2D eigenvalue weighted by molar-refractivity contribution is -0.141. The summed E-state index contributed by atoms with van der Waals surface area (Å²) in [6, 6.07) is 7.40. The maximum absolute atomic E-state index is 12.0. The van der Waals surface area contributed by atoms with Crippen molar-refractivity contribution in [3.8, 4) is 5.75 Å². The predicted molar refractivity (Wildman–Crippen MR) is 78.2 cm³/mol. The van der Waals surface area contributed by atoms with Gasteiger partial charge in [-0.05, 0) is 24.3 Å². The lowest BCUT2D eigenvalue weighted by Gasteiger charge is -2.40. The third-order valence-electron chi connectivity index (χ3n) is 4.14. The Kier molecular flexibility index (Phi) is 4.83. The number of ether oxygens (including phenoxy) is 1. The van der Waals surface area contributed by atoms with Gasteiger partial charge in [-0.15, -0.1) is 0 Å². The summed E-state index contributed by atoms with van der Waals surface area (Å²) < 4.78 is 5.22. The van der Waals surface area contributed by atoms with Gasteiger partial charge in [-0.1, -0.05) is 24.6 Å². The Balaban J connectivity index is 1.88. The fourth-order valence-corrected chi connectivity index (χ4v) is 2.78. The molecule has 21 heavy (non-hydrogen) atoms. The van der Waals surface area contributed by atoms with Crippen LogP contribution in [0.25, 0.3) is 0 Å². The van der Waals surface area contributed by atoms with E-state index in [1.807, 2.05) is 24.3 Å². The van der Waals surface area contributed by atoms with Crippen LogP contribution in [0.2, 0.25) is 0 Å². The van der Waals surface area contributed by atoms with Crippen LogP contribution in [0, 0.1) is 5.41 Å². The minimum Gasteiger partial charge on any atom is -0.496 e. The minimum absolute atomic E-state index is 0.101. The van der Waals surface area contributed by atoms with Crippen molar-refractivity contribution in [2.45, 2.75) is 32.1 Å². The number of methoxy groups -OCH3 is 1. The first-order valence-corrected chi connectivity index (χ1v) is 7.15. The van der Waals surface area contributed by atoms with Gasteiger partial charge in [-0.3, -0.25) is 9.59 Å². The number of para-hydroxylation sites is 1. The quantitative estimate of drug-likeness (QED) is 0.805. The second kappa shape index (κ2) is 6.61. The Bertz CT molecular complexity index is 523. The average molecular weight is 291 g/mol. The number of carboxylic acids is 1. The Morgan fingerprint density at radius 3 is 2.62 bits per heavy atom. The number of amides is 1. The van der Waals surface area contributed by atoms with Crippen molar-refractivity contribution >= 4 is 11.9 Å². The molecule has 0 atom stereocenters. The monoisotopic (exact) mass is 291 g/mol. The molecule has 0 unspecified atom stereocenters. The van der Waals surface area contributed by atoms with Crippen LogP contribution >= 0.6 is 0 Å². The molecule has 0 saturated heterocycles. The van der Waals surface area contributed by atoms with Gasteiger partial charge in [0, 0.05) is 12.1 Å². The van der Waals surface area contributed by atoms with Crippen molar-refractivity contribution < 1.29 is 19.4 Å². The summed E-state index contributed by atoms with van der Waals surface area (Å²) >= 11 is 0. The number of aliphatic carboxylic acids is 1. The van der Waals surface area contributed by atoms with E-state index in [4.69, 9.17) is 9.84 Å². The molecule has 5 heteroatoms. The molecule has 114 valence electrons. The van der Waals surface area contributed by atoms with E-state index in [2.05, 4.69) is 5.32 Å². The summed E-state index contributed by atoms with van der Waals surface area (Å²) in [4.78, 5) is 22.9. The number of hydrogen-bond acceptors (Lipinski definition) is 3. The van der Waals surface area contributed by atoms with Gasteiger partial charge in [0.25, 0.3) is 0 Å². The van der Waals surface area contributed by atoms with Crippen molar-refractivity contribution in [2.75, 3.05) is 13.7 Å². The van der Waals surface area contributed by atoms with Crippen LogP contribution in [0.5, 0.6) is 5.75 Å². The van der Waals surface area contributed by atoms with Crippen LogP contribution in [-0.4, -0.2) is 30.6 Å². The third kappa shape index (κ3) is 3.97. The summed E-state index contributed by atoms with van der Waals surface area (Å²) in [5.41, 5.74) is 0.584. The van der Waals surface area contributed by atoms with Gasteiger partial charge in [-0.25, -0.2) is 0 Å². The topological polar surface area (TPSA) is 75.6 Å². The molecule has 0 aromatic heterocycles. The van der Waals surface area contributed by atoms with Crippen LogP contribution in [-0.2, 0) is 16.0 Å². The van der Waals surface area contributed by atoms with E-state index in [0.717, 1.165) is 24.8 Å². The number of carbonyl (C=O) groups is 2. The first kappa shape index (κ1) is 15.4. The van der Waals surface area contributed by atoms with Gasteiger partial charge in [0.1, 0.15) is 5.75 Å². The summed E-state index contributed by atoms with van der Waals surface area (Å²) in [6.07, 6.45) is 3.15. The number of hydrogen-bond donors (Lipinski definition) is 2. The Morgan fingerprint density at radius 1 is 1.33 bits per heavy atom. The molecule has 0 spiro atoms. The van der Waals surface area contributed by atoms with Crippen LogP contribution in [0.3, 0.4) is 0 Å². The van der Waals surface area contributed by atoms with E-state index in [9.17, 15) is 9.59 Å². The van der Waals surface area contributed by atoms with Crippen molar-refractivity contribution in [2.24, 2.45) is 5.41 Å². The molecule has 1 aromatic rings. The Labute approximate surface area is 124 Å². The van der Waals surface area contributed by atoms with Crippen molar-refractivity contribution in [1.29, 1.82) is 0 Å². The van der Waals surface area contributed by atoms with Crippen LogP contribution in [0.4, 0.5) is 0 Å². The van der Waals surface area contributed by atoms with Crippen molar-refractivity contribution in [3.63, 3.8) is 0 Å². The molecule has 1 aliphatic carbocycles. The molecule has 1 aliphatic rings. The highest BCUT2D eigenvalue weighted by Crippen LogP contribution is 2.43. The van der Waals surface area contributed by atoms with Crippen LogP contribution in [0.1, 0.15) is 31.2 Å². The highest BCUT2D eigenvalue weighted by molar-refractivity contribution is 5.79. The lowest BCUT2D eigenvalue weighted by Crippen LogP contribution is -2.43. The molecule has 1 fully saturated rings. The van der Waals surface area contributed by atoms with Gasteiger partial charge >= 0.3 is 5.97 Å². The molecular formula is C16H21NO4. The molecule has 0 heterocycles. The van der Waals surface area contributed by atoms with E-state index in [-0.39, 0.29) is 24.2 Å². The van der Waals surface area contributed by atoms with E-state index in [0.29, 0.717) is 12.3 Å². The van der Waals surface area contributed by atoms with E-state index < -0.39 is 5.97 Å². The summed E-state index contributed by atoms with van der Waals surface area (Å²) in [6.45, 7) is 0.438. The predicted octanol–water partition coefficient (Wildman–Crippen LogP) is 2.00. The fourth-order valence-electron chi connectivity index (χ4n) is 2.78. The van der Waals surface area contributed by atoms with Crippen LogP contribution in [0.15, 0.2) is 24.3 Å². The smallest absolute Gasteiger partial charge is 0.303 e. The van der Waals surface area contributed by atoms with E-state index in [1.165, 1.54) is 0 Å². The maximum atomic E-state index is 12.0. The number of nitrogens with one attached hydrogen (secondary N) is 1. The summed E-state index contributed by atoms with van der Waals surface area (Å²) in [7, 11) is 1.58. The molecule has 2 rings (SSSR count). The normalized spacial score (nSPS) is 15.9. The molecule has 0 aliphatic heterocycles. The highest BCUT2D eigenvalue weighted by atomic mass is 16.5. The van der Waals surface area contributed by atoms with Gasteiger partial charge in [-0.2, -0.15) is 0 Å². The van der Waals surface area contributed by atoms with Gasteiger partial charge in [0.05, 0.1) is 20.0 Å². The zero-order valence-electron chi connectivity index (χ0n) is 12.2. The van der Waals surface area contributed by atoms with Crippen LogP contribution < -0.4 is 10.1 Å². The average Bonchev–Trinajstić information content (AvgIpc) is 2.42. The first-order chi connectivity index (χ1) is 10.0. The second-order valence-corrected chi connectivity index (χ2v) is 5.69. The van der Waals surface area contributed by atoms with Crippen molar-refractivity contribution in [1.82, 2.24) is 5.32 Å². The van der Waals surface area contributed by atoms with E-state index in [1.54, 1.807) is 7.11 Å². The van der Waals surface area contributed by atoms with Gasteiger partial charge in [0.15, 0.2) is 0 Å². The molecule has 5 nitrogen and oxygen atoms in total. The summed E-state index contributed by atoms with van der Waals surface area (Å²) in [5.74, 6) is -0.207. The first-order valence-electron chi connectivity index (χ1n) is 7.15. The number of rotatable bonds is 7. The largest absolute Gasteiger partial charge is 0.496 e. The maximum Gasteiger partial charge on any atom is 0.303 e. The standard InChI is InChI=1S/C16H21NO4/c1-21-13-6-3-2-5-12(13)9-14(18)17-11-16(7-4-8-16)10-15(19)20/h2-3,5-6H,4,7-11H2,1H3,(H,17,18)(H,19,20). The number of carbonyl (C=O) groups excluding carboxylic acids is 1. The highest BCUT2D eigenvalue weighted by Gasteiger charge is 2.39. The molecule has 1 amide bonds. The number of benzene rings is 1. The SMILES string of the molecule is COc1ccccc1CC(=O)NCC1(CC(=O)O)CCC1. The third-order valence-corrected chi connectivity index (χ3v) is 4.14. The fraction of sp³-hybridized carbons (Fsp3) is 0.500. The molecule has 1 aromatic carbocycles. The molecule has 1 saturated carbocycles. The second-order valence-electron chi connectivity index (χ2n) is 5.69. The molecular weight excluding hydrogens is 270 g/mol.